The van der Waals surface area contributed by atoms with Gasteiger partial charge in [0.05, 0.1) is 5.92 Å². The Hall–Kier alpha value is -0.610. The molecule has 0 radical (unpaired) electrons. The molecule has 17 heavy (non-hydrogen) atoms. The first-order valence-corrected chi connectivity index (χ1v) is 6.88. The lowest BCUT2D eigenvalue weighted by atomic mass is 9.93. The van der Waals surface area contributed by atoms with Crippen molar-refractivity contribution in [3.63, 3.8) is 0 Å². The highest BCUT2D eigenvalue weighted by Gasteiger charge is 2.32. The van der Waals surface area contributed by atoms with Crippen molar-refractivity contribution >= 4 is 5.91 Å². The second-order valence-electron chi connectivity index (χ2n) is 5.62. The Morgan fingerprint density at radius 2 is 2.12 bits per heavy atom. The van der Waals surface area contributed by atoms with Crippen LogP contribution < -0.4 is 5.73 Å². The van der Waals surface area contributed by atoms with Crippen LogP contribution in [-0.4, -0.2) is 55.5 Å². The molecule has 2 rings (SSSR count). The fourth-order valence-electron chi connectivity index (χ4n) is 3.13. The number of hydrogen-bond donors (Lipinski definition) is 1. The van der Waals surface area contributed by atoms with Gasteiger partial charge in [-0.25, -0.2) is 0 Å². The topological polar surface area (TPSA) is 49.6 Å². The average molecular weight is 239 g/mol. The Labute approximate surface area is 104 Å². The highest BCUT2D eigenvalue weighted by Crippen LogP contribution is 2.23. The number of nitrogens with two attached hydrogens (primary N) is 1. The lowest BCUT2D eigenvalue weighted by molar-refractivity contribution is -0.137. The first kappa shape index (κ1) is 12.8. The third-order valence-electron chi connectivity index (χ3n) is 4.15. The van der Waals surface area contributed by atoms with Gasteiger partial charge in [0.2, 0.25) is 5.91 Å². The molecule has 98 valence electrons. The Kier molecular flexibility index (Phi) is 4.40. The van der Waals surface area contributed by atoms with Crippen LogP contribution in [0.3, 0.4) is 0 Å². The predicted octanol–water partition coefficient (Wildman–Crippen LogP) is 0.526. The highest BCUT2D eigenvalue weighted by molar-refractivity contribution is 5.79. The summed E-state index contributed by atoms with van der Waals surface area (Å²) >= 11 is 0. The van der Waals surface area contributed by atoms with Crippen molar-refractivity contribution in [3.8, 4) is 0 Å². The van der Waals surface area contributed by atoms with Gasteiger partial charge in [-0.05, 0) is 51.7 Å². The molecule has 0 spiro atoms. The summed E-state index contributed by atoms with van der Waals surface area (Å²) < 4.78 is 0. The number of likely N-dealkylation sites (tertiary alicyclic amines) is 2. The molecular weight excluding hydrogens is 214 g/mol. The van der Waals surface area contributed by atoms with Crippen LogP contribution in [-0.2, 0) is 4.79 Å². The molecule has 2 heterocycles. The lowest BCUT2D eigenvalue weighted by Gasteiger charge is -2.34. The average Bonchev–Trinajstić information content (AvgIpc) is 2.76. The van der Waals surface area contributed by atoms with Crippen molar-refractivity contribution < 1.29 is 4.79 Å². The van der Waals surface area contributed by atoms with E-state index in [-0.39, 0.29) is 5.92 Å². The van der Waals surface area contributed by atoms with Gasteiger partial charge in [0, 0.05) is 19.6 Å². The molecule has 0 aromatic heterocycles. The molecule has 2 N–H and O–H groups in total. The number of rotatable bonds is 3. The van der Waals surface area contributed by atoms with Gasteiger partial charge in [0.1, 0.15) is 0 Å². The van der Waals surface area contributed by atoms with E-state index in [2.05, 4.69) is 16.8 Å². The van der Waals surface area contributed by atoms with Crippen LogP contribution in [0.15, 0.2) is 0 Å². The molecule has 2 saturated heterocycles. The number of nitrogens with zero attached hydrogens (tertiary/aromatic N) is 2. The molecule has 0 aromatic rings. The third kappa shape index (κ3) is 3.19. The summed E-state index contributed by atoms with van der Waals surface area (Å²) in [4.78, 5) is 16.7. The van der Waals surface area contributed by atoms with Gasteiger partial charge >= 0.3 is 0 Å². The molecule has 0 bridgehead atoms. The summed E-state index contributed by atoms with van der Waals surface area (Å²) in [5.41, 5.74) is 5.61. The highest BCUT2D eigenvalue weighted by atomic mass is 16.2. The summed E-state index contributed by atoms with van der Waals surface area (Å²) in [6.45, 7) is 4.66. The van der Waals surface area contributed by atoms with E-state index in [1.54, 1.807) is 0 Å². The van der Waals surface area contributed by atoms with Gasteiger partial charge in [-0.2, -0.15) is 0 Å². The maximum atomic E-state index is 12.4. The van der Waals surface area contributed by atoms with E-state index in [0.29, 0.717) is 11.8 Å². The van der Waals surface area contributed by atoms with Crippen molar-refractivity contribution in [2.45, 2.75) is 25.7 Å². The van der Waals surface area contributed by atoms with E-state index in [0.717, 1.165) is 52.0 Å². The van der Waals surface area contributed by atoms with Gasteiger partial charge in [0.25, 0.3) is 0 Å². The molecule has 2 aliphatic rings. The van der Waals surface area contributed by atoms with Crippen LogP contribution in [0.1, 0.15) is 25.7 Å². The van der Waals surface area contributed by atoms with Crippen LogP contribution in [0.5, 0.6) is 0 Å². The van der Waals surface area contributed by atoms with E-state index >= 15 is 0 Å². The number of carbonyl (C=O) groups excluding carboxylic acids is 1. The maximum absolute atomic E-state index is 12.4. The largest absolute Gasteiger partial charge is 0.342 e. The van der Waals surface area contributed by atoms with Crippen molar-refractivity contribution in [2.24, 2.45) is 17.6 Å². The maximum Gasteiger partial charge on any atom is 0.227 e. The third-order valence-corrected chi connectivity index (χ3v) is 4.15. The minimum Gasteiger partial charge on any atom is -0.342 e. The number of carbonyl (C=O) groups is 1. The minimum absolute atomic E-state index is 0.247. The fraction of sp³-hybridized carbons (Fsp3) is 0.923. The van der Waals surface area contributed by atoms with E-state index in [9.17, 15) is 4.79 Å². The minimum atomic E-state index is 0.247. The molecule has 2 aliphatic heterocycles. The van der Waals surface area contributed by atoms with Crippen LogP contribution in [0.25, 0.3) is 0 Å². The van der Waals surface area contributed by atoms with E-state index < -0.39 is 0 Å². The van der Waals surface area contributed by atoms with Crippen molar-refractivity contribution in [1.29, 1.82) is 0 Å². The monoisotopic (exact) mass is 239 g/mol. The van der Waals surface area contributed by atoms with E-state index in [1.807, 2.05) is 0 Å². The van der Waals surface area contributed by atoms with Crippen LogP contribution >= 0.6 is 0 Å². The summed E-state index contributed by atoms with van der Waals surface area (Å²) in [6, 6.07) is 0. The summed E-state index contributed by atoms with van der Waals surface area (Å²) in [7, 11) is 2.10. The number of hydrogen-bond acceptors (Lipinski definition) is 3. The van der Waals surface area contributed by atoms with Crippen LogP contribution in [0.4, 0.5) is 0 Å². The first-order chi connectivity index (χ1) is 8.20. The molecule has 2 fully saturated rings. The van der Waals surface area contributed by atoms with Gasteiger partial charge in [-0.3, -0.25) is 4.79 Å². The number of piperidine rings is 1. The molecule has 2 unspecified atom stereocenters. The molecule has 0 aromatic carbocycles. The molecule has 0 aliphatic carbocycles. The van der Waals surface area contributed by atoms with Gasteiger partial charge in [0.15, 0.2) is 0 Å². The lowest BCUT2D eigenvalue weighted by Crippen LogP contribution is -2.43. The molecular formula is C13H25N3O. The fourth-order valence-corrected chi connectivity index (χ4v) is 3.13. The van der Waals surface area contributed by atoms with Crippen molar-refractivity contribution in [3.05, 3.63) is 0 Å². The Bertz CT molecular complexity index is 267. The molecule has 1 amide bonds. The molecule has 0 saturated carbocycles. The van der Waals surface area contributed by atoms with E-state index in [4.69, 9.17) is 5.73 Å². The van der Waals surface area contributed by atoms with Crippen LogP contribution in [0, 0.1) is 11.8 Å². The second-order valence-corrected chi connectivity index (χ2v) is 5.62. The van der Waals surface area contributed by atoms with Gasteiger partial charge in [-0.15, -0.1) is 0 Å². The van der Waals surface area contributed by atoms with Crippen molar-refractivity contribution in [1.82, 2.24) is 9.80 Å². The summed E-state index contributed by atoms with van der Waals surface area (Å²) in [6.07, 6.45) is 4.49. The summed E-state index contributed by atoms with van der Waals surface area (Å²) in [5.74, 6) is 1.27. The van der Waals surface area contributed by atoms with Gasteiger partial charge in [-0.1, -0.05) is 0 Å². The standard InChI is InChI=1S/C13H25N3O/c1-15-8-5-12(10-15)13(17)16-7-2-3-11(9-16)4-6-14/h11-12H,2-10,14H2,1H3. The Morgan fingerprint density at radius 1 is 1.29 bits per heavy atom. The molecule has 4 nitrogen and oxygen atoms in total. The van der Waals surface area contributed by atoms with Gasteiger partial charge < -0.3 is 15.5 Å². The SMILES string of the molecule is CN1CCC(C(=O)N2CCCC(CCN)C2)C1. The summed E-state index contributed by atoms with van der Waals surface area (Å²) in [5, 5.41) is 0. The Balaban J connectivity index is 1.86. The normalized spacial score (nSPS) is 30.8. The van der Waals surface area contributed by atoms with Crippen LogP contribution in [0.2, 0.25) is 0 Å². The zero-order chi connectivity index (χ0) is 12.3. The zero-order valence-electron chi connectivity index (χ0n) is 10.9. The second kappa shape index (κ2) is 5.83. The number of amides is 1. The molecule has 4 heteroatoms. The predicted molar refractivity (Wildman–Crippen MR) is 68.6 cm³/mol. The molecule has 2 atom stereocenters. The first-order valence-electron chi connectivity index (χ1n) is 6.88. The smallest absolute Gasteiger partial charge is 0.227 e. The quantitative estimate of drug-likeness (QED) is 0.781. The van der Waals surface area contributed by atoms with Crippen molar-refractivity contribution in [2.75, 3.05) is 39.8 Å². The van der Waals surface area contributed by atoms with E-state index in [1.165, 1.54) is 6.42 Å². The zero-order valence-corrected chi connectivity index (χ0v) is 10.9. The Morgan fingerprint density at radius 3 is 2.76 bits per heavy atom.